The number of allylic oxidation sites excluding steroid dienone is 4. The monoisotopic (exact) mass is 408 g/mol. The summed E-state index contributed by atoms with van der Waals surface area (Å²) in [5.41, 5.74) is 1.15. The highest BCUT2D eigenvalue weighted by molar-refractivity contribution is 7.85. The Morgan fingerprint density at radius 2 is 1.41 bits per heavy atom. The fourth-order valence-electron chi connectivity index (χ4n) is 2.89. The first-order chi connectivity index (χ1) is 12.3. The molecule has 0 unspecified atom stereocenters. The zero-order valence-electron chi connectivity index (χ0n) is 16.1. The van der Waals surface area contributed by atoms with Crippen LogP contribution in [0.15, 0.2) is 27.7 Å². The molecule has 0 saturated heterocycles. The van der Waals surface area contributed by atoms with Gasteiger partial charge in [-0.2, -0.15) is 8.42 Å². The second kappa shape index (κ2) is 8.56. The van der Waals surface area contributed by atoms with Gasteiger partial charge in [0, 0.05) is 12.0 Å². The van der Waals surface area contributed by atoms with Crippen LogP contribution in [0.3, 0.4) is 0 Å². The van der Waals surface area contributed by atoms with Gasteiger partial charge in [-0.15, -0.1) is 0 Å². The lowest BCUT2D eigenvalue weighted by molar-refractivity contribution is 0.395. The molecule has 1 aromatic carbocycles. The number of hydrogen-bond donors (Lipinski definition) is 1. The van der Waals surface area contributed by atoms with Crippen LogP contribution in [-0.4, -0.2) is 13.0 Å². The van der Waals surface area contributed by atoms with Crippen molar-refractivity contribution >= 4 is 10.1 Å². The number of hydrogen-bond acceptors (Lipinski definition) is 2. The standard InChI is InChI=1S/C19H24F4O3S/c1-7-12(10(4)5)13(11(6)9(2)3)8-14-15(20)17(22)19(27(24,25)26)18(23)16(14)21/h7,9-10H,8H2,1-6H3,(H,24,25,26). The molecule has 0 atom stereocenters. The molecule has 152 valence electrons. The molecule has 0 aromatic heterocycles. The average Bonchev–Trinajstić information content (AvgIpc) is 2.53. The van der Waals surface area contributed by atoms with E-state index in [-0.39, 0.29) is 11.8 Å². The van der Waals surface area contributed by atoms with E-state index in [4.69, 9.17) is 4.55 Å². The van der Waals surface area contributed by atoms with Crippen LogP contribution in [0, 0.1) is 35.1 Å². The van der Waals surface area contributed by atoms with Gasteiger partial charge in [-0.05, 0) is 36.8 Å². The summed E-state index contributed by atoms with van der Waals surface area (Å²) in [7, 11) is -5.47. The van der Waals surface area contributed by atoms with E-state index in [0.29, 0.717) is 5.57 Å². The summed E-state index contributed by atoms with van der Waals surface area (Å²) in [6, 6.07) is 0. The molecule has 8 heteroatoms. The normalized spacial score (nSPS) is 14.2. The van der Waals surface area contributed by atoms with E-state index in [9.17, 15) is 26.0 Å². The third-order valence-electron chi connectivity index (χ3n) is 4.55. The molecule has 0 saturated carbocycles. The van der Waals surface area contributed by atoms with Crippen LogP contribution < -0.4 is 0 Å². The van der Waals surface area contributed by atoms with Crippen molar-refractivity contribution in [1.82, 2.24) is 0 Å². The van der Waals surface area contributed by atoms with Crippen LogP contribution in [0.1, 0.15) is 47.1 Å². The van der Waals surface area contributed by atoms with Gasteiger partial charge < -0.3 is 0 Å². The van der Waals surface area contributed by atoms with Gasteiger partial charge in [-0.3, -0.25) is 4.55 Å². The Bertz CT molecular complexity index is 869. The van der Waals surface area contributed by atoms with Gasteiger partial charge in [0.15, 0.2) is 28.2 Å². The molecule has 1 rings (SSSR count). The van der Waals surface area contributed by atoms with Crippen molar-refractivity contribution in [2.45, 2.75) is 52.9 Å². The molecular weight excluding hydrogens is 384 g/mol. The SMILES string of the molecule is CC=C(C(Cc1c(F)c(F)c(S(=O)(=O)O)c(F)c1F)=C(C)C(C)C)C(C)C. The van der Waals surface area contributed by atoms with Crippen molar-refractivity contribution in [2.24, 2.45) is 11.8 Å². The van der Waals surface area contributed by atoms with E-state index in [1.807, 2.05) is 27.7 Å². The number of rotatable bonds is 6. The molecule has 0 aliphatic carbocycles. The minimum absolute atomic E-state index is 0.00612. The van der Waals surface area contributed by atoms with Crippen molar-refractivity contribution in [2.75, 3.05) is 0 Å². The number of halogens is 4. The first kappa shape index (κ1) is 23.4. The van der Waals surface area contributed by atoms with Crippen LogP contribution in [-0.2, 0) is 16.5 Å². The van der Waals surface area contributed by atoms with E-state index in [0.717, 1.165) is 11.1 Å². The first-order valence-electron chi connectivity index (χ1n) is 8.44. The molecule has 0 aliphatic heterocycles. The second-order valence-corrected chi connectivity index (χ2v) is 8.29. The number of benzene rings is 1. The lowest BCUT2D eigenvalue weighted by Crippen LogP contribution is -2.15. The van der Waals surface area contributed by atoms with Crippen molar-refractivity contribution in [1.29, 1.82) is 0 Å². The van der Waals surface area contributed by atoms with Crippen molar-refractivity contribution in [3.8, 4) is 0 Å². The lowest BCUT2D eigenvalue weighted by atomic mass is 9.84. The Morgan fingerprint density at radius 3 is 1.70 bits per heavy atom. The Morgan fingerprint density at radius 1 is 0.963 bits per heavy atom. The maximum absolute atomic E-state index is 14.4. The van der Waals surface area contributed by atoms with Gasteiger partial charge in [0.05, 0.1) is 0 Å². The largest absolute Gasteiger partial charge is 0.300 e. The summed E-state index contributed by atoms with van der Waals surface area (Å²) in [6.45, 7) is 11.0. The Hall–Kier alpha value is -1.67. The maximum atomic E-state index is 14.4. The van der Waals surface area contributed by atoms with E-state index in [2.05, 4.69) is 0 Å². The molecule has 1 N–H and O–H groups in total. The summed E-state index contributed by atoms with van der Waals surface area (Å²) < 4.78 is 88.1. The van der Waals surface area contributed by atoms with Crippen molar-refractivity contribution in [3.05, 3.63) is 51.6 Å². The highest BCUT2D eigenvalue weighted by Crippen LogP contribution is 2.34. The zero-order chi connectivity index (χ0) is 21.3. The van der Waals surface area contributed by atoms with Gasteiger partial charge in [-0.1, -0.05) is 39.3 Å². The Kier molecular flexibility index (Phi) is 7.41. The van der Waals surface area contributed by atoms with E-state index in [1.165, 1.54) is 0 Å². The maximum Gasteiger partial charge on any atom is 0.300 e. The highest BCUT2D eigenvalue weighted by atomic mass is 32.2. The fourth-order valence-corrected chi connectivity index (χ4v) is 3.52. The minimum Gasteiger partial charge on any atom is -0.282 e. The van der Waals surface area contributed by atoms with Gasteiger partial charge in [0.25, 0.3) is 0 Å². The second-order valence-electron chi connectivity index (χ2n) is 6.93. The molecule has 0 radical (unpaired) electrons. The molecule has 0 fully saturated rings. The van der Waals surface area contributed by atoms with Crippen molar-refractivity contribution < 1.29 is 30.5 Å². The van der Waals surface area contributed by atoms with Crippen LogP contribution in [0.25, 0.3) is 0 Å². The quantitative estimate of drug-likeness (QED) is 0.288. The van der Waals surface area contributed by atoms with E-state index >= 15 is 0 Å². The summed E-state index contributed by atoms with van der Waals surface area (Å²) in [5.74, 6) is -7.97. The molecule has 0 spiro atoms. The van der Waals surface area contributed by atoms with Gasteiger partial charge in [0.1, 0.15) is 0 Å². The summed E-state index contributed by atoms with van der Waals surface area (Å²) in [4.78, 5) is -2.03. The van der Waals surface area contributed by atoms with Crippen LogP contribution in [0.2, 0.25) is 0 Å². The molecule has 1 aromatic rings. The molecule has 0 amide bonds. The van der Waals surface area contributed by atoms with Gasteiger partial charge >= 0.3 is 10.1 Å². The predicted octanol–water partition coefficient (Wildman–Crippen LogP) is 5.61. The molecule has 0 bridgehead atoms. The topological polar surface area (TPSA) is 54.4 Å². The Labute approximate surface area is 157 Å². The molecular formula is C19H24F4O3S. The van der Waals surface area contributed by atoms with E-state index < -0.39 is 50.3 Å². The summed E-state index contributed by atoms with van der Waals surface area (Å²) >= 11 is 0. The van der Waals surface area contributed by atoms with Crippen LogP contribution >= 0.6 is 0 Å². The smallest absolute Gasteiger partial charge is 0.282 e. The highest BCUT2D eigenvalue weighted by Gasteiger charge is 2.32. The summed E-state index contributed by atoms with van der Waals surface area (Å²) in [5, 5.41) is 0. The lowest BCUT2D eigenvalue weighted by Gasteiger charge is -2.22. The van der Waals surface area contributed by atoms with Crippen LogP contribution in [0.5, 0.6) is 0 Å². The summed E-state index contributed by atoms with van der Waals surface area (Å²) in [6.07, 6.45) is 1.31. The molecule has 0 aliphatic rings. The van der Waals surface area contributed by atoms with Gasteiger partial charge in [0.2, 0.25) is 0 Å². The average molecular weight is 408 g/mol. The van der Waals surface area contributed by atoms with Crippen LogP contribution in [0.4, 0.5) is 17.6 Å². The van der Waals surface area contributed by atoms with E-state index in [1.54, 1.807) is 19.9 Å². The molecule has 27 heavy (non-hydrogen) atoms. The molecule has 3 nitrogen and oxygen atoms in total. The van der Waals surface area contributed by atoms with Gasteiger partial charge in [-0.25, -0.2) is 17.6 Å². The predicted molar refractivity (Wildman–Crippen MR) is 95.9 cm³/mol. The minimum atomic E-state index is -5.47. The fraction of sp³-hybridized carbons (Fsp3) is 0.474. The third-order valence-corrected chi connectivity index (χ3v) is 5.42. The van der Waals surface area contributed by atoms with Crippen molar-refractivity contribution in [3.63, 3.8) is 0 Å². The Balaban J connectivity index is 3.79. The molecule has 0 heterocycles. The third kappa shape index (κ3) is 4.79. The first-order valence-corrected chi connectivity index (χ1v) is 9.88. The zero-order valence-corrected chi connectivity index (χ0v) is 16.9.